The van der Waals surface area contributed by atoms with Crippen molar-refractivity contribution in [1.29, 1.82) is 0 Å². The molecule has 0 bridgehead atoms. The highest BCUT2D eigenvalue weighted by molar-refractivity contribution is 5.28. The van der Waals surface area contributed by atoms with Crippen LogP contribution in [-0.4, -0.2) is 17.2 Å². The quantitative estimate of drug-likeness (QED) is 0.783. The summed E-state index contributed by atoms with van der Waals surface area (Å²) in [6.45, 7) is 6.25. The lowest BCUT2D eigenvalue weighted by atomic mass is 9.91. The van der Waals surface area contributed by atoms with Crippen molar-refractivity contribution < 1.29 is 9.84 Å². The normalized spacial score (nSPS) is 11.5. The highest BCUT2D eigenvalue weighted by Crippen LogP contribution is 2.23. The van der Waals surface area contributed by atoms with Crippen LogP contribution >= 0.6 is 0 Å². The lowest BCUT2D eigenvalue weighted by Gasteiger charge is -2.19. The number of aliphatic hydroxyl groups is 1. The van der Waals surface area contributed by atoms with Crippen molar-refractivity contribution in [2.75, 3.05) is 7.11 Å². The van der Waals surface area contributed by atoms with E-state index in [2.05, 4.69) is 25.8 Å². The van der Waals surface area contributed by atoms with Crippen molar-refractivity contribution in [1.82, 2.24) is 4.98 Å². The Morgan fingerprint density at radius 1 is 1.36 bits per heavy atom. The van der Waals surface area contributed by atoms with Crippen LogP contribution in [0.25, 0.3) is 0 Å². The van der Waals surface area contributed by atoms with E-state index in [4.69, 9.17) is 9.84 Å². The fourth-order valence-electron chi connectivity index (χ4n) is 1.14. The minimum absolute atomic E-state index is 0.0158. The van der Waals surface area contributed by atoms with Gasteiger partial charge < -0.3 is 9.84 Å². The lowest BCUT2D eigenvalue weighted by molar-refractivity contribution is 0.280. The Morgan fingerprint density at radius 3 is 2.43 bits per heavy atom. The van der Waals surface area contributed by atoms with Gasteiger partial charge in [0.15, 0.2) is 0 Å². The van der Waals surface area contributed by atoms with Crippen molar-refractivity contribution in [3.05, 3.63) is 23.4 Å². The number of methoxy groups -OCH3 is 1. The second kappa shape index (κ2) is 3.96. The van der Waals surface area contributed by atoms with E-state index in [0.717, 1.165) is 11.3 Å². The molecule has 1 aromatic heterocycles. The Hall–Kier alpha value is -1.09. The van der Waals surface area contributed by atoms with Gasteiger partial charge in [-0.25, -0.2) is 4.98 Å². The number of hydrogen-bond donors (Lipinski definition) is 1. The molecule has 0 radical (unpaired) electrons. The first-order valence-electron chi connectivity index (χ1n) is 4.63. The smallest absolute Gasteiger partial charge is 0.213 e. The van der Waals surface area contributed by atoms with E-state index in [9.17, 15) is 0 Å². The summed E-state index contributed by atoms with van der Waals surface area (Å²) in [5.41, 5.74) is 1.74. The first-order valence-corrected chi connectivity index (χ1v) is 4.63. The summed E-state index contributed by atoms with van der Waals surface area (Å²) in [6, 6.07) is 3.65. The van der Waals surface area contributed by atoms with E-state index in [1.54, 1.807) is 13.2 Å². The van der Waals surface area contributed by atoms with Crippen molar-refractivity contribution >= 4 is 0 Å². The largest absolute Gasteiger partial charge is 0.481 e. The average Bonchev–Trinajstić information content (AvgIpc) is 2.15. The van der Waals surface area contributed by atoms with E-state index in [1.165, 1.54) is 0 Å². The van der Waals surface area contributed by atoms with E-state index >= 15 is 0 Å². The molecule has 0 spiro atoms. The van der Waals surface area contributed by atoms with Crippen LogP contribution < -0.4 is 4.74 Å². The minimum atomic E-state index is -0.0293. The number of hydrogen-bond acceptors (Lipinski definition) is 3. The van der Waals surface area contributed by atoms with Gasteiger partial charge in [-0.1, -0.05) is 20.8 Å². The molecule has 0 unspecified atom stereocenters. The second-order valence-corrected chi connectivity index (χ2v) is 4.31. The predicted molar refractivity (Wildman–Crippen MR) is 55.4 cm³/mol. The summed E-state index contributed by atoms with van der Waals surface area (Å²) in [6.07, 6.45) is 0. The molecule has 0 aliphatic heterocycles. The third-order valence-corrected chi connectivity index (χ3v) is 2.02. The molecule has 3 nitrogen and oxygen atoms in total. The Balaban J connectivity index is 3.17. The number of aromatic nitrogens is 1. The molecule has 0 saturated carbocycles. The van der Waals surface area contributed by atoms with Gasteiger partial charge in [0, 0.05) is 11.5 Å². The van der Waals surface area contributed by atoms with Crippen LogP contribution in [0.5, 0.6) is 5.88 Å². The van der Waals surface area contributed by atoms with Crippen LogP contribution in [0.4, 0.5) is 0 Å². The second-order valence-electron chi connectivity index (χ2n) is 4.31. The predicted octanol–water partition coefficient (Wildman–Crippen LogP) is 1.88. The maximum absolute atomic E-state index is 9.06. The van der Waals surface area contributed by atoms with Crippen LogP contribution in [0.2, 0.25) is 0 Å². The van der Waals surface area contributed by atoms with Gasteiger partial charge in [-0.2, -0.15) is 0 Å². The van der Waals surface area contributed by atoms with Crippen molar-refractivity contribution in [2.45, 2.75) is 32.8 Å². The molecule has 3 heteroatoms. The summed E-state index contributed by atoms with van der Waals surface area (Å²) in [5, 5.41) is 9.06. The first kappa shape index (κ1) is 11.0. The third kappa shape index (κ3) is 2.45. The molecular weight excluding hydrogens is 178 g/mol. The Labute approximate surface area is 84.7 Å². The molecule has 0 aliphatic carbocycles. The third-order valence-electron chi connectivity index (χ3n) is 2.02. The lowest BCUT2D eigenvalue weighted by Crippen LogP contribution is -2.14. The molecule has 0 amide bonds. The van der Waals surface area contributed by atoms with Gasteiger partial charge in [0.25, 0.3) is 0 Å². The summed E-state index contributed by atoms with van der Waals surface area (Å²) in [5.74, 6) is 0.557. The number of nitrogens with zero attached hydrogens (tertiary/aromatic N) is 1. The number of ether oxygens (including phenoxy) is 1. The summed E-state index contributed by atoms with van der Waals surface area (Å²) in [7, 11) is 1.58. The average molecular weight is 195 g/mol. The molecule has 0 aliphatic rings. The van der Waals surface area contributed by atoms with Crippen molar-refractivity contribution in [3.8, 4) is 5.88 Å². The molecule has 0 atom stereocenters. The van der Waals surface area contributed by atoms with Crippen LogP contribution in [0.3, 0.4) is 0 Å². The van der Waals surface area contributed by atoms with E-state index < -0.39 is 0 Å². The maximum Gasteiger partial charge on any atom is 0.213 e. The molecule has 0 fully saturated rings. The minimum Gasteiger partial charge on any atom is -0.481 e. The summed E-state index contributed by atoms with van der Waals surface area (Å²) >= 11 is 0. The summed E-state index contributed by atoms with van der Waals surface area (Å²) < 4.78 is 5.07. The molecule has 1 heterocycles. The van der Waals surface area contributed by atoms with Gasteiger partial charge in [0.05, 0.1) is 19.4 Å². The molecule has 0 saturated heterocycles. The Morgan fingerprint density at radius 2 is 2.00 bits per heavy atom. The topological polar surface area (TPSA) is 42.4 Å². The zero-order chi connectivity index (χ0) is 10.8. The fraction of sp³-hybridized carbons (Fsp3) is 0.545. The molecule has 14 heavy (non-hydrogen) atoms. The van der Waals surface area contributed by atoms with Gasteiger partial charge in [-0.05, 0) is 11.6 Å². The molecule has 1 rings (SSSR count). The van der Waals surface area contributed by atoms with Gasteiger partial charge >= 0.3 is 0 Å². The van der Waals surface area contributed by atoms with E-state index in [-0.39, 0.29) is 12.0 Å². The molecule has 1 N–H and O–H groups in total. The van der Waals surface area contributed by atoms with Crippen LogP contribution in [-0.2, 0) is 12.0 Å². The molecule has 0 aromatic carbocycles. The summed E-state index contributed by atoms with van der Waals surface area (Å²) in [4.78, 5) is 4.34. The standard InChI is InChI=1S/C11H17NO2/c1-11(2,3)9-5-8(7-13)6-10(12-9)14-4/h5-6,13H,7H2,1-4H3. The van der Waals surface area contributed by atoms with Crippen molar-refractivity contribution in [3.63, 3.8) is 0 Å². The van der Waals surface area contributed by atoms with Crippen LogP contribution in [0.15, 0.2) is 12.1 Å². The van der Waals surface area contributed by atoms with Crippen LogP contribution in [0, 0.1) is 0 Å². The Bertz CT molecular complexity index is 293. The highest BCUT2D eigenvalue weighted by Gasteiger charge is 2.17. The fourth-order valence-corrected chi connectivity index (χ4v) is 1.14. The molecular formula is C11H17NO2. The van der Waals surface area contributed by atoms with Gasteiger partial charge in [0.1, 0.15) is 0 Å². The van der Waals surface area contributed by atoms with Crippen LogP contribution in [0.1, 0.15) is 32.0 Å². The van der Waals surface area contributed by atoms with Gasteiger partial charge in [0.2, 0.25) is 5.88 Å². The zero-order valence-corrected chi connectivity index (χ0v) is 9.16. The van der Waals surface area contributed by atoms with Gasteiger partial charge in [-0.15, -0.1) is 0 Å². The Kier molecular flexibility index (Phi) is 3.11. The highest BCUT2D eigenvalue weighted by atomic mass is 16.5. The van der Waals surface area contributed by atoms with E-state index in [1.807, 2.05) is 6.07 Å². The number of aliphatic hydroxyl groups excluding tert-OH is 1. The monoisotopic (exact) mass is 195 g/mol. The number of rotatable bonds is 2. The SMILES string of the molecule is COc1cc(CO)cc(C(C)(C)C)n1. The first-order chi connectivity index (χ1) is 6.47. The number of pyridine rings is 1. The van der Waals surface area contributed by atoms with Crippen molar-refractivity contribution in [2.24, 2.45) is 0 Å². The van der Waals surface area contributed by atoms with Gasteiger partial charge in [-0.3, -0.25) is 0 Å². The zero-order valence-electron chi connectivity index (χ0n) is 9.16. The van der Waals surface area contributed by atoms with E-state index in [0.29, 0.717) is 5.88 Å². The maximum atomic E-state index is 9.06. The molecule has 78 valence electrons. The molecule has 1 aromatic rings.